The topological polar surface area (TPSA) is 89.8 Å². The zero-order valence-electron chi connectivity index (χ0n) is 16.2. The van der Waals surface area contributed by atoms with Gasteiger partial charge in [-0.3, -0.25) is 4.79 Å². The average Bonchev–Trinajstić information content (AvgIpc) is 3.35. The van der Waals surface area contributed by atoms with Crippen LogP contribution < -0.4 is 5.32 Å². The third kappa shape index (κ3) is 4.24. The number of hydrogen-bond donors (Lipinski definition) is 1. The molecule has 1 aliphatic carbocycles. The second-order valence-electron chi connectivity index (χ2n) is 6.95. The standard InChI is InChI=1S/C23H15Cl2N3O2S/c24-17-5-3-6-18(25)21(17)19-9-8-14(30-19)10-13(11-26)22(29)28-23-16(12-27)15-4-1-2-7-20(15)31-23/h3,5-6,8-10H,1-2,4,7H2,(H,28,29). The fourth-order valence-corrected chi connectivity index (χ4v) is 5.35. The van der Waals surface area contributed by atoms with Crippen LogP contribution >= 0.6 is 34.5 Å². The lowest BCUT2D eigenvalue weighted by molar-refractivity contribution is -0.112. The van der Waals surface area contributed by atoms with Crippen LogP contribution in [-0.2, 0) is 17.6 Å². The lowest BCUT2D eigenvalue weighted by Gasteiger charge is -2.09. The lowest BCUT2D eigenvalue weighted by Crippen LogP contribution is -2.13. The molecule has 154 valence electrons. The van der Waals surface area contributed by atoms with Crippen molar-refractivity contribution in [1.29, 1.82) is 10.5 Å². The monoisotopic (exact) mass is 467 g/mol. The summed E-state index contributed by atoms with van der Waals surface area (Å²) in [7, 11) is 0. The van der Waals surface area contributed by atoms with Crippen molar-refractivity contribution in [2.24, 2.45) is 0 Å². The largest absolute Gasteiger partial charge is 0.457 e. The van der Waals surface area contributed by atoms with E-state index >= 15 is 0 Å². The van der Waals surface area contributed by atoms with Gasteiger partial charge in [-0.05, 0) is 55.5 Å². The number of rotatable bonds is 4. The van der Waals surface area contributed by atoms with Crippen LogP contribution in [0.4, 0.5) is 5.00 Å². The predicted molar refractivity (Wildman–Crippen MR) is 122 cm³/mol. The number of carbonyl (C=O) groups is 1. The molecule has 8 heteroatoms. The molecule has 2 heterocycles. The summed E-state index contributed by atoms with van der Waals surface area (Å²) in [6.07, 6.45) is 5.20. The molecule has 2 aromatic heterocycles. The molecule has 31 heavy (non-hydrogen) atoms. The second kappa shape index (κ2) is 8.99. The van der Waals surface area contributed by atoms with Crippen molar-refractivity contribution in [3.63, 3.8) is 0 Å². The number of nitrogens with one attached hydrogen (secondary N) is 1. The molecular weight excluding hydrogens is 453 g/mol. The van der Waals surface area contributed by atoms with Gasteiger partial charge < -0.3 is 9.73 Å². The van der Waals surface area contributed by atoms with Crippen LogP contribution in [0.25, 0.3) is 17.4 Å². The summed E-state index contributed by atoms with van der Waals surface area (Å²) in [5.41, 5.74) is 1.92. The SMILES string of the molecule is N#CC(=Cc1ccc(-c2c(Cl)cccc2Cl)o1)C(=O)Nc1sc2c(c1C#N)CCCC2. The van der Waals surface area contributed by atoms with E-state index in [2.05, 4.69) is 11.4 Å². The number of halogens is 2. The Kier molecular flexibility index (Phi) is 6.15. The molecule has 0 bridgehead atoms. The third-order valence-electron chi connectivity index (χ3n) is 5.00. The highest BCUT2D eigenvalue weighted by Crippen LogP contribution is 2.38. The minimum atomic E-state index is -0.591. The first-order chi connectivity index (χ1) is 15.0. The second-order valence-corrected chi connectivity index (χ2v) is 8.87. The molecular formula is C23H15Cl2N3O2S. The van der Waals surface area contributed by atoms with E-state index < -0.39 is 5.91 Å². The molecule has 0 atom stereocenters. The van der Waals surface area contributed by atoms with Crippen LogP contribution in [0.2, 0.25) is 10.0 Å². The number of furan rings is 1. The molecule has 0 radical (unpaired) electrons. The molecule has 0 spiro atoms. The molecule has 0 fully saturated rings. The summed E-state index contributed by atoms with van der Waals surface area (Å²) in [5.74, 6) is 0.146. The summed E-state index contributed by atoms with van der Waals surface area (Å²) < 4.78 is 5.75. The van der Waals surface area contributed by atoms with E-state index in [1.165, 1.54) is 17.4 Å². The van der Waals surface area contributed by atoms with Crippen molar-refractivity contribution in [3.05, 3.63) is 67.7 Å². The number of nitrogens with zero attached hydrogens (tertiary/aromatic N) is 2. The number of aryl methyl sites for hydroxylation is 1. The smallest absolute Gasteiger partial charge is 0.267 e. The first-order valence-corrected chi connectivity index (χ1v) is 11.1. The number of fused-ring (bicyclic) bond motifs is 1. The molecule has 1 amide bonds. The Bertz CT molecular complexity index is 1270. The highest BCUT2D eigenvalue weighted by atomic mass is 35.5. The summed E-state index contributed by atoms with van der Waals surface area (Å²) >= 11 is 13.8. The van der Waals surface area contributed by atoms with Crippen molar-refractivity contribution in [3.8, 4) is 23.5 Å². The molecule has 3 aromatic rings. The molecule has 0 saturated heterocycles. The van der Waals surface area contributed by atoms with E-state index in [1.54, 1.807) is 30.3 Å². The maximum absolute atomic E-state index is 12.7. The maximum Gasteiger partial charge on any atom is 0.267 e. The Hall–Kier alpha value is -3.03. The predicted octanol–water partition coefficient (Wildman–Crippen LogP) is 6.61. The van der Waals surface area contributed by atoms with Crippen LogP contribution in [0.15, 0.2) is 40.3 Å². The molecule has 1 aromatic carbocycles. The number of anilines is 1. The Morgan fingerprint density at radius 3 is 2.58 bits per heavy atom. The molecule has 0 saturated carbocycles. The van der Waals surface area contributed by atoms with Crippen molar-refractivity contribution in [2.45, 2.75) is 25.7 Å². The molecule has 0 aliphatic heterocycles. The van der Waals surface area contributed by atoms with Gasteiger partial charge >= 0.3 is 0 Å². The van der Waals surface area contributed by atoms with E-state index in [0.29, 0.717) is 37.7 Å². The molecule has 1 N–H and O–H groups in total. The fraction of sp³-hybridized carbons (Fsp3) is 0.174. The van der Waals surface area contributed by atoms with Crippen LogP contribution in [-0.4, -0.2) is 5.91 Å². The van der Waals surface area contributed by atoms with Crippen molar-refractivity contribution in [2.75, 3.05) is 5.32 Å². The average molecular weight is 468 g/mol. The van der Waals surface area contributed by atoms with E-state index in [-0.39, 0.29) is 5.57 Å². The zero-order chi connectivity index (χ0) is 22.0. The van der Waals surface area contributed by atoms with E-state index in [0.717, 1.165) is 36.1 Å². The summed E-state index contributed by atoms with van der Waals surface area (Å²) in [5, 5.41) is 23.1. The van der Waals surface area contributed by atoms with E-state index in [1.807, 2.05) is 6.07 Å². The minimum Gasteiger partial charge on any atom is -0.457 e. The van der Waals surface area contributed by atoms with Gasteiger partial charge in [0.2, 0.25) is 0 Å². The molecule has 0 unspecified atom stereocenters. The highest BCUT2D eigenvalue weighted by Gasteiger charge is 2.23. The van der Waals surface area contributed by atoms with Crippen LogP contribution in [0.1, 0.15) is 34.6 Å². The Balaban J connectivity index is 1.60. The van der Waals surface area contributed by atoms with Crippen LogP contribution in [0.3, 0.4) is 0 Å². The van der Waals surface area contributed by atoms with Crippen molar-refractivity contribution >= 4 is 51.5 Å². The molecule has 1 aliphatic rings. The van der Waals surface area contributed by atoms with Gasteiger partial charge in [0.1, 0.15) is 34.2 Å². The van der Waals surface area contributed by atoms with E-state index in [9.17, 15) is 15.3 Å². The lowest BCUT2D eigenvalue weighted by atomic mass is 9.96. The third-order valence-corrected chi connectivity index (χ3v) is 6.83. The normalized spacial score (nSPS) is 13.2. The number of hydrogen-bond acceptors (Lipinski definition) is 5. The van der Waals surface area contributed by atoms with Gasteiger partial charge in [-0.1, -0.05) is 29.3 Å². The molecule has 4 rings (SSSR count). The summed E-state index contributed by atoms with van der Waals surface area (Å²) in [6.45, 7) is 0. The number of thiophene rings is 1. The van der Waals surface area contributed by atoms with Crippen molar-refractivity contribution in [1.82, 2.24) is 0 Å². The fourth-order valence-electron chi connectivity index (χ4n) is 3.53. The number of benzene rings is 1. The number of nitriles is 2. The van der Waals surface area contributed by atoms with Gasteiger partial charge in [0.25, 0.3) is 5.91 Å². The first-order valence-electron chi connectivity index (χ1n) is 9.53. The number of amides is 1. The molecule has 5 nitrogen and oxygen atoms in total. The summed E-state index contributed by atoms with van der Waals surface area (Å²) in [6, 6.07) is 12.5. The maximum atomic E-state index is 12.7. The zero-order valence-corrected chi connectivity index (χ0v) is 18.5. The van der Waals surface area contributed by atoms with Gasteiger partial charge in [-0.15, -0.1) is 11.3 Å². The van der Waals surface area contributed by atoms with Gasteiger partial charge in [0.15, 0.2) is 0 Å². The minimum absolute atomic E-state index is 0.138. The summed E-state index contributed by atoms with van der Waals surface area (Å²) in [4.78, 5) is 13.9. The van der Waals surface area contributed by atoms with Crippen molar-refractivity contribution < 1.29 is 9.21 Å². The quantitative estimate of drug-likeness (QED) is 0.345. The van der Waals surface area contributed by atoms with E-state index in [4.69, 9.17) is 27.6 Å². The van der Waals surface area contributed by atoms with Gasteiger partial charge in [0, 0.05) is 11.0 Å². The van der Waals surface area contributed by atoms with Crippen LogP contribution in [0.5, 0.6) is 0 Å². The number of carbonyl (C=O) groups excluding carboxylic acids is 1. The highest BCUT2D eigenvalue weighted by molar-refractivity contribution is 7.16. The first kappa shape index (κ1) is 21.2. The Morgan fingerprint density at radius 1 is 1.13 bits per heavy atom. The van der Waals surface area contributed by atoms with Gasteiger partial charge in [0.05, 0.1) is 21.2 Å². The Labute approximate surface area is 193 Å². The van der Waals surface area contributed by atoms with Crippen LogP contribution in [0, 0.1) is 22.7 Å². The van der Waals surface area contributed by atoms with Gasteiger partial charge in [-0.25, -0.2) is 0 Å². The van der Waals surface area contributed by atoms with Gasteiger partial charge in [-0.2, -0.15) is 10.5 Å². The Morgan fingerprint density at radius 2 is 1.87 bits per heavy atom.